The lowest BCUT2D eigenvalue weighted by molar-refractivity contribution is 0.0667. The summed E-state index contributed by atoms with van der Waals surface area (Å²) < 4.78 is 16.1. The number of fused-ring (bicyclic) bond motifs is 1. The topological polar surface area (TPSA) is 79.3 Å². The second kappa shape index (κ2) is 9.90. The molecule has 0 spiro atoms. The number of rotatable bonds is 5. The molecular formula is C27H30FN5O2. The van der Waals surface area contributed by atoms with Crippen LogP contribution >= 0.6 is 0 Å². The standard InChI is InChI=1S/C27H30FN5O2/c1-18-11-13-20(14-12-18)30-27(35)29-16-19-6-5-15-32(17-19)26(34)25-21-7-4-10-23(21)33(31-25)24-9-3-2-8-22(24)28/h2-3,8-9,11-14,19H,4-7,10,15-17H2,1H3,(H2,29,30,35). The number of nitrogens with zero attached hydrogens (tertiary/aromatic N) is 3. The van der Waals surface area contributed by atoms with Gasteiger partial charge in [-0.2, -0.15) is 5.10 Å². The number of urea groups is 1. The number of hydrogen-bond donors (Lipinski definition) is 2. The number of carbonyl (C=O) groups excluding carboxylic acids is 2. The number of aryl methyl sites for hydroxylation is 1. The largest absolute Gasteiger partial charge is 0.338 e. The first-order chi connectivity index (χ1) is 17.0. The highest BCUT2D eigenvalue weighted by atomic mass is 19.1. The predicted octanol–water partition coefficient (Wildman–Crippen LogP) is 4.48. The van der Waals surface area contributed by atoms with E-state index in [1.165, 1.54) is 6.07 Å². The maximum atomic E-state index is 14.5. The summed E-state index contributed by atoms with van der Waals surface area (Å²) in [5.74, 6) is -0.290. The Morgan fingerprint density at radius 2 is 1.89 bits per heavy atom. The maximum absolute atomic E-state index is 14.5. The van der Waals surface area contributed by atoms with Crippen LogP contribution in [0.1, 0.15) is 46.6 Å². The van der Waals surface area contributed by atoms with Crippen molar-refractivity contribution >= 4 is 17.6 Å². The van der Waals surface area contributed by atoms with E-state index < -0.39 is 0 Å². The number of para-hydroxylation sites is 1. The fourth-order valence-corrected chi connectivity index (χ4v) is 5.05. The molecular weight excluding hydrogens is 445 g/mol. The number of halogens is 1. The second-order valence-electron chi connectivity index (χ2n) is 9.45. The SMILES string of the molecule is Cc1ccc(NC(=O)NCC2CCCN(C(=O)c3nn(-c4ccccc4F)c4c3CCC4)C2)cc1. The lowest BCUT2D eigenvalue weighted by atomic mass is 9.97. The molecule has 3 aromatic rings. The molecule has 35 heavy (non-hydrogen) atoms. The van der Waals surface area contributed by atoms with Gasteiger partial charge in [-0.1, -0.05) is 29.8 Å². The van der Waals surface area contributed by atoms with E-state index in [0.717, 1.165) is 54.6 Å². The van der Waals surface area contributed by atoms with E-state index in [-0.39, 0.29) is 23.7 Å². The Morgan fingerprint density at radius 1 is 1.09 bits per heavy atom. The van der Waals surface area contributed by atoms with Gasteiger partial charge < -0.3 is 15.5 Å². The first-order valence-electron chi connectivity index (χ1n) is 12.3. The highest BCUT2D eigenvalue weighted by Crippen LogP contribution is 2.30. The number of likely N-dealkylation sites (tertiary alicyclic amines) is 1. The van der Waals surface area contributed by atoms with Gasteiger partial charge >= 0.3 is 6.03 Å². The molecule has 2 aromatic carbocycles. The normalized spacial score (nSPS) is 17.2. The molecule has 8 heteroatoms. The molecule has 1 fully saturated rings. The Kier molecular flexibility index (Phi) is 6.53. The van der Waals surface area contributed by atoms with Crippen molar-refractivity contribution in [2.24, 2.45) is 5.92 Å². The Hall–Kier alpha value is -3.68. The zero-order chi connectivity index (χ0) is 24.4. The molecule has 2 heterocycles. The lowest BCUT2D eigenvalue weighted by Crippen LogP contribution is -2.44. The molecule has 7 nitrogen and oxygen atoms in total. The van der Waals surface area contributed by atoms with Crippen LogP contribution in [0.3, 0.4) is 0 Å². The summed E-state index contributed by atoms with van der Waals surface area (Å²) >= 11 is 0. The molecule has 1 aliphatic heterocycles. The number of piperidine rings is 1. The third kappa shape index (κ3) is 4.92. The van der Waals surface area contributed by atoms with E-state index >= 15 is 0 Å². The van der Waals surface area contributed by atoms with Gasteiger partial charge in [-0.15, -0.1) is 0 Å². The summed E-state index contributed by atoms with van der Waals surface area (Å²) in [6.07, 6.45) is 4.31. The van der Waals surface area contributed by atoms with Crippen LogP contribution in [0.5, 0.6) is 0 Å². The fraction of sp³-hybridized carbons (Fsp3) is 0.370. The van der Waals surface area contributed by atoms with Gasteiger partial charge in [-0.25, -0.2) is 13.9 Å². The van der Waals surface area contributed by atoms with E-state index in [1.54, 1.807) is 22.9 Å². The number of amides is 3. The monoisotopic (exact) mass is 475 g/mol. The molecule has 182 valence electrons. The maximum Gasteiger partial charge on any atom is 0.319 e. The average Bonchev–Trinajstić information content (AvgIpc) is 3.48. The van der Waals surface area contributed by atoms with Crippen LogP contribution in [-0.2, 0) is 12.8 Å². The fourth-order valence-electron chi connectivity index (χ4n) is 5.05. The first kappa shape index (κ1) is 23.1. The number of benzene rings is 2. The first-order valence-corrected chi connectivity index (χ1v) is 12.3. The van der Waals surface area contributed by atoms with Crippen molar-refractivity contribution < 1.29 is 14.0 Å². The molecule has 0 bridgehead atoms. The van der Waals surface area contributed by atoms with Crippen molar-refractivity contribution in [1.82, 2.24) is 20.0 Å². The van der Waals surface area contributed by atoms with E-state index in [1.807, 2.05) is 36.1 Å². The highest BCUT2D eigenvalue weighted by Gasteiger charge is 2.32. The van der Waals surface area contributed by atoms with Crippen molar-refractivity contribution in [1.29, 1.82) is 0 Å². The Labute approximate surface area is 204 Å². The summed E-state index contributed by atoms with van der Waals surface area (Å²) in [5.41, 5.74) is 4.56. The molecule has 1 unspecified atom stereocenters. The van der Waals surface area contributed by atoms with Gasteiger partial charge in [0.25, 0.3) is 5.91 Å². The minimum absolute atomic E-state index is 0.105. The van der Waals surface area contributed by atoms with Crippen LogP contribution in [-0.4, -0.2) is 46.3 Å². The van der Waals surface area contributed by atoms with Gasteiger partial charge in [0.2, 0.25) is 0 Å². The number of anilines is 1. The van der Waals surface area contributed by atoms with Gasteiger partial charge in [0.15, 0.2) is 5.69 Å². The van der Waals surface area contributed by atoms with E-state index in [0.29, 0.717) is 31.0 Å². The van der Waals surface area contributed by atoms with Crippen molar-refractivity contribution in [3.05, 3.63) is 76.9 Å². The van der Waals surface area contributed by atoms with Crippen molar-refractivity contribution in [2.45, 2.75) is 39.0 Å². The van der Waals surface area contributed by atoms with Gasteiger partial charge in [0.1, 0.15) is 11.5 Å². The van der Waals surface area contributed by atoms with Crippen molar-refractivity contribution in [3.63, 3.8) is 0 Å². The third-order valence-electron chi connectivity index (χ3n) is 6.88. The average molecular weight is 476 g/mol. The lowest BCUT2D eigenvalue weighted by Gasteiger charge is -2.32. The number of hydrogen-bond acceptors (Lipinski definition) is 3. The summed E-state index contributed by atoms with van der Waals surface area (Å²) in [4.78, 5) is 27.7. The Morgan fingerprint density at radius 3 is 2.69 bits per heavy atom. The van der Waals surface area contributed by atoms with Gasteiger partial charge in [-0.05, 0) is 69.2 Å². The number of carbonyl (C=O) groups is 2. The second-order valence-corrected chi connectivity index (χ2v) is 9.45. The van der Waals surface area contributed by atoms with Gasteiger partial charge in [0.05, 0.1) is 0 Å². The van der Waals surface area contributed by atoms with Gasteiger partial charge in [0, 0.05) is 36.6 Å². The number of nitrogens with one attached hydrogen (secondary N) is 2. The quantitative estimate of drug-likeness (QED) is 0.571. The Bertz CT molecular complexity index is 1240. The molecule has 2 aliphatic rings. The smallest absolute Gasteiger partial charge is 0.319 e. The summed E-state index contributed by atoms with van der Waals surface area (Å²) in [6.45, 7) is 3.71. The van der Waals surface area contributed by atoms with Crippen LogP contribution in [0.2, 0.25) is 0 Å². The number of aromatic nitrogens is 2. The molecule has 3 amide bonds. The van der Waals surface area contributed by atoms with E-state index in [9.17, 15) is 14.0 Å². The molecule has 0 radical (unpaired) electrons. The summed E-state index contributed by atoms with van der Waals surface area (Å²) in [6, 6.07) is 13.9. The predicted molar refractivity (Wildman–Crippen MR) is 132 cm³/mol. The molecule has 1 atom stereocenters. The summed E-state index contributed by atoms with van der Waals surface area (Å²) in [7, 11) is 0. The molecule has 5 rings (SSSR count). The van der Waals surface area contributed by atoms with Crippen LogP contribution in [0, 0.1) is 18.7 Å². The zero-order valence-electron chi connectivity index (χ0n) is 19.9. The minimum atomic E-state index is -0.350. The molecule has 0 saturated carbocycles. The highest BCUT2D eigenvalue weighted by molar-refractivity contribution is 5.94. The van der Waals surface area contributed by atoms with Gasteiger partial charge in [-0.3, -0.25) is 4.79 Å². The van der Waals surface area contributed by atoms with Crippen molar-refractivity contribution in [2.75, 3.05) is 25.0 Å². The molecule has 1 aromatic heterocycles. The molecule has 1 saturated heterocycles. The zero-order valence-corrected chi connectivity index (χ0v) is 19.9. The molecule has 1 aliphatic carbocycles. The minimum Gasteiger partial charge on any atom is -0.338 e. The Balaban J connectivity index is 1.24. The molecule has 2 N–H and O–H groups in total. The van der Waals surface area contributed by atoms with Crippen LogP contribution in [0.25, 0.3) is 5.69 Å². The van der Waals surface area contributed by atoms with E-state index in [4.69, 9.17) is 0 Å². The van der Waals surface area contributed by atoms with Crippen molar-refractivity contribution in [3.8, 4) is 5.69 Å². The van der Waals surface area contributed by atoms with E-state index in [2.05, 4.69) is 15.7 Å². The summed E-state index contributed by atoms with van der Waals surface area (Å²) in [5, 5.41) is 10.4. The van der Waals surface area contributed by atoms with Crippen LogP contribution in [0.4, 0.5) is 14.9 Å². The van der Waals surface area contributed by atoms with Crippen LogP contribution in [0.15, 0.2) is 48.5 Å². The third-order valence-corrected chi connectivity index (χ3v) is 6.88. The van der Waals surface area contributed by atoms with Crippen LogP contribution < -0.4 is 10.6 Å².